The molecule has 1 aromatic rings. The molecule has 3 heteroatoms. The first-order chi connectivity index (χ1) is 7.59. The third-order valence-corrected chi connectivity index (χ3v) is 2.96. The van der Waals surface area contributed by atoms with E-state index in [1.165, 1.54) is 0 Å². The fraction of sp³-hybridized carbons (Fsp3) is 0.538. The van der Waals surface area contributed by atoms with Gasteiger partial charge in [0.2, 0.25) is 0 Å². The molecule has 0 aliphatic rings. The Kier molecular flexibility index (Phi) is 6.18. The Morgan fingerprint density at radius 3 is 2.56 bits per heavy atom. The van der Waals surface area contributed by atoms with Crippen molar-refractivity contribution in [2.24, 2.45) is 5.92 Å². The van der Waals surface area contributed by atoms with Gasteiger partial charge in [0.1, 0.15) is 0 Å². The molecule has 0 saturated carbocycles. The van der Waals surface area contributed by atoms with Crippen molar-refractivity contribution in [1.29, 1.82) is 0 Å². The average Bonchev–Trinajstić information content (AvgIpc) is 2.20. The molecule has 16 heavy (non-hydrogen) atoms. The van der Waals surface area contributed by atoms with E-state index in [-0.39, 0.29) is 0 Å². The van der Waals surface area contributed by atoms with Gasteiger partial charge in [-0.25, -0.2) is 0 Å². The Bertz CT molecular complexity index is 324. The number of hydrogen-bond donors (Lipinski definition) is 0. The second-order valence-electron chi connectivity index (χ2n) is 4.28. The summed E-state index contributed by atoms with van der Waals surface area (Å²) in [5.41, 5.74) is 1.09. The highest BCUT2D eigenvalue weighted by Gasteiger charge is 2.01. The molecule has 0 saturated heterocycles. The number of ether oxygens (including phenoxy) is 1. The van der Waals surface area contributed by atoms with Crippen LogP contribution >= 0.6 is 23.2 Å². The van der Waals surface area contributed by atoms with Gasteiger partial charge in [0.05, 0.1) is 6.61 Å². The van der Waals surface area contributed by atoms with Crippen LogP contribution in [0.3, 0.4) is 0 Å². The number of halogens is 2. The third kappa shape index (κ3) is 5.20. The zero-order chi connectivity index (χ0) is 12.0. The minimum atomic E-state index is 0.675. The van der Waals surface area contributed by atoms with Crippen molar-refractivity contribution >= 4 is 23.2 Å². The van der Waals surface area contributed by atoms with Gasteiger partial charge in [-0.15, -0.1) is 0 Å². The van der Waals surface area contributed by atoms with Crippen LogP contribution in [0.15, 0.2) is 18.2 Å². The Hall–Kier alpha value is -0.240. The zero-order valence-corrected chi connectivity index (χ0v) is 11.3. The van der Waals surface area contributed by atoms with E-state index in [2.05, 4.69) is 13.8 Å². The molecule has 0 fully saturated rings. The highest BCUT2D eigenvalue weighted by Crippen LogP contribution is 2.21. The van der Waals surface area contributed by atoms with E-state index in [1.807, 2.05) is 12.1 Å². The van der Waals surface area contributed by atoms with Gasteiger partial charge in [0, 0.05) is 16.7 Å². The summed E-state index contributed by atoms with van der Waals surface area (Å²) >= 11 is 11.9. The average molecular weight is 261 g/mol. The molecule has 1 nitrogen and oxygen atoms in total. The number of benzene rings is 1. The summed E-state index contributed by atoms with van der Waals surface area (Å²) in [6, 6.07) is 5.58. The van der Waals surface area contributed by atoms with Gasteiger partial charge >= 0.3 is 0 Å². The lowest BCUT2D eigenvalue weighted by atomic mass is 10.1. The van der Waals surface area contributed by atoms with Gasteiger partial charge < -0.3 is 4.74 Å². The summed E-state index contributed by atoms with van der Waals surface area (Å²) in [6.07, 6.45) is 1.95. The monoisotopic (exact) mass is 260 g/mol. The molecule has 0 N–H and O–H groups in total. The molecule has 0 atom stereocenters. The fourth-order valence-electron chi connectivity index (χ4n) is 1.33. The Morgan fingerprint density at radius 2 is 1.94 bits per heavy atom. The molecule has 0 bridgehead atoms. The molecule has 90 valence electrons. The molecule has 1 aromatic carbocycles. The lowest BCUT2D eigenvalue weighted by molar-refractivity contribution is 0.126. The van der Waals surface area contributed by atoms with Crippen LogP contribution in [-0.4, -0.2) is 13.2 Å². The Labute approximate surface area is 108 Å². The van der Waals surface area contributed by atoms with Gasteiger partial charge in [0.15, 0.2) is 0 Å². The van der Waals surface area contributed by atoms with Crippen molar-refractivity contribution in [3.63, 3.8) is 0 Å². The normalized spacial score (nSPS) is 11.1. The van der Waals surface area contributed by atoms with E-state index in [9.17, 15) is 0 Å². The topological polar surface area (TPSA) is 9.23 Å². The van der Waals surface area contributed by atoms with Crippen LogP contribution in [0.4, 0.5) is 0 Å². The molecule has 1 rings (SSSR count). The van der Waals surface area contributed by atoms with Crippen LogP contribution in [-0.2, 0) is 11.2 Å². The number of hydrogen-bond acceptors (Lipinski definition) is 1. The van der Waals surface area contributed by atoms with Crippen molar-refractivity contribution in [3.05, 3.63) is 33.8 Å². The van der Waals surface area contributed by atoms with Crippen LogP contribution < -0.4 is 0 Å². The minimum Gasteiger partial charge on any atom is -0.381 e. The molecule has 0 aliphatic heterocycles. The molecule has 0 radical (unpaired) electrons. The molecule has 0 unspecified atom stereocenters. The van der Waals surface area contributed by atoms with Crippen molar-refractivity contribution in [2.75, 3.05) is 13.2 Å². The van der Waals surface area contributed by atoms with Gasteiger partial charge in [-0.3, -0.25) is 0 Å². The summed E-state index contributed by atoms with van der Waals surface area (Å²) in [4.78, 5) is 0. The van der Waals surface area contributed by atoms with Gasteiger partial charge in [0.25, 0.3) is 0 Å². The molecule has 0 aromatic heterocycles. The summed E-state index contributed by atoms with van der Waals surface area (Å²) in [5.74, 6) is 0.694. The van der Waals surface area contributed by atoms with E-state index < -0.39 is 0 Å². The third-order valence-electron chi connectivity index (χ3n) is 2.37. The molecular formula is C13H18Cl2O. The predicted molar refractivity (Wildman–Crippen MR) is 70.4 cm³/mol. The Balaban J connectivity index is 2.27. The van der Waals surface area contributed by atoms with Crippen LogP contribution in [0.2, 0.25) is 10.0 Å². The van der Waals surface area contributed by atoms with Crippen molar-refractivity contribution in [3.8, 4) is 0 Å². The molecular weight excluding hydrogens is 243 g/mol. The standard InChI is InChI=1S/C13H18Cl2O/c1-10(2)5-7-16-8-6-11-3-4-12(14)9-13(11)15/h3-4,9-10H,5-8H2,1-2H3. The van der Waals surface area contributed by atoms with E-state index in [0.717, 1.165) is 30.0 Å². The quantitative estimate of drug-likeness (QED) is 0.680. The first-order valence-corrected chi connectivity index (χ1v) is 6.37. The van der Waals surface area contributed by atoms with Crippen LogP contribution in [0.5, 0.6) is 0 Å². The minimum absolute atomic E-state index is 0.675. The molecule has 0 aliphatic carbocycles. The van der Waals surface area contributed by atoms with Gasteiger partial charge in [-0.1, -0.05) is 43.1 Å². The van der Waals surface area contributed by atoms with Gasteiger partial charge in [-0.2, -0.15) is 0 Å². The zero-order valence-electron chi connectivity index (χ0n) is 9.80. The highest BCUT2D eigenvalue weighted by molar-refractivity contribution is 6.35. The second kappa shape index (κ2) is 7.16. The van der Waals surface area contributed by atoms with Crippen molar-refractivity contribution < 1.29 is 4.74 Å². The SMILES string of the molecule is CC(C)CCOCCc1ccc(Cl)cc1Cl. The first-order valence-electron chi connectivity index (χ1n) is 5.61. The fourth-order valence-corrected chi connectivity index (χ4v) is 1.83. The highest BCUT2D eigenvalue weighted by atomic mass is 35.5. The van der Waals surface area contributed by atoms with E-state index in [0.29, 0.717) is 17.5 Å². The first kappa shape index (κ1) is 13.8. The van der Waals surface area contributed by atoms with Gasteiger partial charge in [-0.05, 0) is 36.5 Å². The predicted octanol–water partition coefficient (Wildman–Crippen LogP) is 4.60. The maximum Gasteiger partial charge on any atom is 0.0506 e. The maximum atomic E-state index is 6.05. The summed E-state index contributed by atoms with van der Waals surface area (Å²) < 4.78 is 5.54. The van der Waals surface area contributed by atoms with E-state index >= 15 is 0 Å². The second-order valence-corrected chi connectivity index (χ2v) is 5.12. The lowest BCUT2D eigenvalue weighted by Gasteiger charge is -2.07. The molecule has 0 amide bonds. The van der Waals surface area contributed by atoms with E-state index in [1.54, 1.807) is 6.07 Å². The molecule has 0 heterocycles. The lowest BCUT2D eigenvalue weighted by Crippen LogP contribution is -2.03. The van der Waals surface area contributed by atoms with Crippen LogP contribution in [0.1, 0.15) is 25.8 Å². The Morgan fingerprint density at radius 1 is 1.19 bits per heavy atom. The summed E-state index contributed by atoms with van der Waals surface area (Å²) in [6.45, 7) is 5.93. The van der Waals surface area contributed by atoms with E-state index in [4.69, 9.17) is 27.9 Å². The summed E-state index contributed by atoms with van der Waals surface area (Å²) in [5, 5.41) is 1.40. The summed E-state index contributed by atoms with van der Waals surface area (Å²) in [7, 11) is 0. The smallest absolute Gasteiger partial charge is 0.0506 e. The van der Waals surface area contributed by atoms with Crippen molar-refractivity contribution in [2.45, 2.75) is 26.7 Å². The number of rotatable bonds is 6. The van der Waals surface area contributed by atoms with Crippen LogP contribution in [0, 0.1) is 5.92 Å². The largest absolute Gasteiger partial charge is 0.381 e. The van der Waals surface area contributed by atoms with Crippen LogP contribution in [0.25, 0.3) is 0 Å². The molecule has 0 spiro atoms. The van der Waals surface area contributed by atoms with Crippen molar-refractivity contribution in [1.82, 2.24) is 0 Å². The maximum absolute atomic E-state index is 6.05.